The summed E-state index contributed by atoms with van der Waals surface area (Å²) in [6, 6.07) is 0. The van der Waals surface area contributed by atoms with Gasteiger partial charge in [-0.1, -0.05) is 19.7 Å². The van der Waals surface area contributed by atoms with Gasteiger partial charge in [-0.05, 0) is 41.0 Å². The number of aliphatic hydroxyl groups is 1. The summed E-state index contributed by atoms with van der Waals surface area (Å²) in [6.45, 7) is 20.3. The van der Waals surface area contributed by atoms with Crippen molar-refractivity contribution in [2.75, 3.05) is 52.9 Å². The van der Waals surface area contributed by atoms with Crippen molar-refractivity contribution in [2.24, 2.45) is 0 Å². The third-order valence-electron chi connectivity index (χ3n) is 4.40. The van der Waals surface area contributed by atoms with Crippen LogP contribution < -0.4 is 0 Å². The monoisotopic (exact) mass is 544 g/mol. The van der Waals surface area contributed by atoms with Crippen molar-refractivity contribution in [1.82, 2.24) is 0 Å². The molecule has 0 aromatic carbocycles. The summed E-state index contributed by atoms with van der Waals surface area (Å²) < 4.78 is 37.0. The Labute approximate surface area is 225 Å². The number of rotatable bonds is 22. The molecule has 11 heteroatoms. The van der Waals surface area contributed by atoms with Crippen LogP contribution in [0.15, 0.2) is 36.5 Å². The van der Waals surface area contributed by atoms with Gasteiger partial charge in [-0.3, -0.25) is 0 Å². The van der Waals surface area contributed by atoms with Gasteiger partial charge in [0.2, 0.25) is 0 Å². The van der Waals surface area contributed by atoms with Gasteiger partial charge in [0.05, 0.1) is 56.9 Å². The zero-order valence-electron chi connectivity index (χ0n) is 23.3. The lowest BCUT2D eigenvalue weighted by Gasteiger charge is -2.17. The lowest BCUT2D eigenvalue weighted by atomic mass is 10.3. The quantitative estimate of drug-likeness (QED) is 0.0930. The van der Waals surface area contributed by atoms with Crippen LogP contribution >= 0.6 is 0 Å². The van der Waals surface area contributed by atoms with Gasteiger partial charge in [-0.15, -0.1) is 0 Å². The van der Waals surface area contributed by atoms with Gasteiger partial charge >= 0.3 is 17.9 Å². The number of ether oxygens (including phenoxy) is 7. The normalized spacial score (nSPS) is 14.1. The predicted molar refractivity (Wildman–Crippen MR) is 139 cm³/mol. The second-order valence-electron chi connectivity index (χ2n) is 9.02. The molecule has 0 aliphatic rings. The number of carbonyl (C=O) groups excluding carboxylic acids is 3. The van der Waals surface area contributed by atoms with E-state index in [1.807, 2.05) is 0 Å². The maximum Gasteiger partial charge on any atom is 0.336 e. The van der Waals surface area contributed by atoms with Crippen LogP contribution in [-0.4, -0.2) is 100 Å². The molecule has 0 heterocycles. The van der Waals surface area contributed by atoms with Gasteiger partial charge in [0.1, 0.15) is 18.3 Å². The van der Waals surface area contributed by atoms with Crippen LogP contribution in [0.5, 0.6) is 0 Å². The molecule has 38 heavy (non-hydrogen) atoms. The summed E-state index contributed by atoms with van der Waals surface area (Å²) in [6.07, 6.45) is -1.46. The molecule has 0 saturated carbocycles. The summed E-state index contributed by atoms with van der Waals surface area (Å²) in [5.41, 5.74) is 0.484. The second kappa shape index (κ2) is 20.4. The standard InChI is InChI=1S/C27H44O11/c1-18(2)25(29)36-23(7)16-34-12-20(4)27(31)38-24(8)17-35-13-19(3)26(30)37-22(6)15-33-11-9-10-32-14-21(5)28/h21-24,28H,1,3-4,9-17H2,2,5-8H3. The van der Waals surface area contributed by atoms with Crippen LogP contribution in [0.3, 0.4) is 0 Å². The van der Waals surface area contributed by atoms with E-state index in [0.717, 1.165) is 0 Å². The highest BCUT2D eigenvalue weighted by Gasteiger charge is 2.17. The Morgan fingerprint density at radius 1 is 0.632 bits per heavy atom. The molecule has 218 valence electrons. The average Bonchev–Trinajstić information content (AvgIpc) is 2.82. The second-order valence-corrected chi connectivity index (χ2v) is 9.02. The first-order valence-corrected chi connectivity index (χ1v) is 12.5. The van der Waals surface area contributed by atoms with Crippen LogP contribution in [-0.2, 0) is 47.5 Å². The lowest BCUT2D eigenvalue weighted by Crippen LogP contribution is -2.26. The molecular weight excluding hydrogens is 500 g/mol. The Kier molecular flexibility index (Phi) is 19.0. The number of hydrogen-bond acceptors (Lipinski definition) is 11. The largest absolute Gasteiger partial charge is 0.457 e. The molecule has 4 unspecified atom stereocenters. The Balaban J connectivity index is 4.02. The fourth-order valence-corrected chi connectivity index (χ4v) is 2.50. The minimum Gasteiger partial charge on any atom is -0.457 e. The van der Waals surface area contributed by atoms with E-state index in [1.54, 1.807) is 34.6 Å². The maximum absolute atomic E-state index is 12.1. The van der Waals surface area contributed by atoms with E-state index in [4.69, 9.17) is 38.3 Å². The number of esters is 3. The average molecular weight is 545 g/mol. The van der Waals surface area contributed by atoms with E-state index < -0.39 is 42.3 Å². The molecule has 1 N–H and O–H groups in total. The van der Waals surface area contributed by atoms with E-state index in [2.05, 4.69) is 19.7 Å². The first-order valence-electron chi connectivity index (χ1n) is 12.5. The molecule has 4 atom stereocenters. The highest BCUT2D eigenvalue weighted by molar-refractivity contribution is 5.88. The summed E-state index contributed by atoms with van der Waals surface area (Å²) in [7, 11) is 0. The van der Waals surface area contributed by atoms with Crippen LogP contribution in [0, 0.1) is 0 Å². The molecule has 0 aromatic heterocycles. The number of hydrogen-bond donors (Lipinski definition) is 1. The highest BCUT2D eigenvalue weighted by atomic mass is 16.6. The molecule has 0 rings (SSSR count). The Morgan fingerprint density at radius 2 is 1.00 bits per heavy atom. The fraction of sp³-hybridized carbons (Fsp3) is 0.667. The molecule has 0 radical (unpaired) electrons. The fourth-order valence-electron chi connectivity index (χ4n) is 2.50. The van der Waals surface area contributed by atoms with Gasteiger partial charge < -0.3 is 38.3 Å². The number of aliphatic hydroxyl groups excluding tert-OH is 1. The molecule has 0 fully saturated rings. The van der Waals surface area contributed by atoms with Crippen molar-refractivity contribution in [1.29, 1.82) is 0 Å². The zero-order chi connectivity index (χ0) is 29.1. The Morgan fingerprint density at radius 3 is 1.39 bits per heavy atom. The van der Waals surface area contributed by atoms with E-state index in [9.17, 15) is 14.4 Å². The van der Waals surface area contributed by atoms with Crippen molar-refractivity contribution in [3.8, 4) is 0 Å². The SMILES string of the molecule is C=C(C)C(=O)OC(C)COCC(=C)C(=O)OC(C)COCC(=C)C(=O)OC(C)COCCCOCC(C)O. The van der Waals surface area contributed by atoms with E-state index in [1.165, 1.54) is 0 Å². The molecule has 0 aliphatic heterocycles. The molecule has 0 saturated heterocycles. The third-order valence-corrected chi connectivity index (χ3v) is 4.40. The zero-order valence-corrected chi connectivity index (χ0v) is 23.3. The molecule has 11 nitrogen and oxygen atoms in total. The van der Waals surface area contributed by atoms with Crippen molar-refractivity contribution < 1.29 is 52.6 Å². The van der Waals surface area contributed by atoms with Gasteiger partial charge in [0.25, 0.3) is 0 Å². The summed E-state index contributed by atoms with van der Waals surface area (Å²) in [5, 5.41) is 9.10. The molecule has 0 spiro atoms. The van der Waals surface area contributed by atoms with Crippen LogP contribution in [0.1, 0.15) is 41.0 Å². The Hall–Kier alpha value is -2.57. The van der Waals surface area contributed by atoms with Crippen LogP contribution in [0.2, 0.25) is 0 Å². The third kappa shape index (κ3) is 18.6. The van der Waals surface area contributed by atoms with Crippen molar-refractivity contribution in [3.63, 3.8) is 0 Å². The molecule has 0 bridgehead atoms. The van der Waals surface area contributed by atoms with E-state index >= 15 is 0 Å². The van der Waals surface area contributed by atoms with Crippen molar-refractivity contribution in [3.05, 3.63) is 36.5 Å². The van der Waals surface area contributed by atoms with Crippen LogP contribution in [0.4, 0.5) is 0 Å². The minimum atomic E-state index is -0.658. The summed E-state index contributed by atoms with van der Waals surface area (Å²) in [5.74, 6) is -1.79. The summed E-state index contributed by atoms with van der Waals surface area (Å²) in [4.78, 5) is 35.7. The summed E-state index contributed by atoms with van der Waals surface area (Å²) >= 11 is 0. The highest BCUT2D eigenvalue weighted by Crippen LogP contribution is 2.06. The van der Waals surface area contributed by atoms with E-state index in [0.29, 0.717) is 19.6 Å². The van der Waals surface area contributed by atoms with Crippen LogP contribution in [0.25, 0.3) is 0 Å². The van der Waals surface area contributed by atoms with Crippen molar-refractivity contribution >= 4 is 17.9 Å². The topological polar surface area (TPSA) is 136 Å². The first kappa shape index (κ1) is 35.4. The van der Waals surface area contributed by atoms with Gasteiger partial charge in [-0.2, -0.15) is 0 Å². The van der Waals surface area contributed by atoms with Gasteiger partial charge in [-0.25, -0.2) is 14.4 Å². The molecule has 0 aliphatic carbocycles. The smallest absolute Gasteiger partial charge is 0.336 e. The molecule has 0 aromatic rings. The van der Waals surface area contributed by atoms with E-state index in [-0.39, 0.29) is 56.4 Å². The Bertz CT molecular complexity index is 775. The first-order chi connectivity index (χ1) is 17.8. The number of carbonyl (C=O) groups is 3. The molecular formula is C27H44O11. The maximum atomic E-state index is 12.1. The minimum absolute atomic E-state index is 0.0237. The predicted octanol–water partition coefficient (Wildman–Crippen LogP) is 2.31. The lowest BCUT2D eigenvalue weighted by molar-refractivity contribution is -0.150. The molecule has 0 amide bonds. The van der Waals surface area contributed by atoms with Gasteiger partial charge in [0.15, 0.2) is 0 Å². The van der Waals surface area contributed by atoms with Gasteiger partial charge in [0, 0.05) is 18.8 Å². The van der Waals surface area contributed by atoms with Crippen molar-refractivity contribution in [2.45, 2.75) is 65.5 Å².